The van der Waals surface area contributed by atoms with Gasteiger partial charge in [0.2, 0.25) is 11.7 Å². The zero-order chi connectivity index (χ0) is 17.6. The van der Waals surface area contributed by atoms with Crippen LogP contribution in [0.3, 0.4) is 0 Å². The maximum Gasteiger partial charge on any atom is 0.243 e. The Morgan fingerprint density at radius 3 is 2.76 bits per heavy atom. The highest BCUT2D eigenvalue weighted by molar-refractivity contribution is 6.30. The minimum atomic E-state index is -0.158. The summed E-state index contributed by atoms with van der Waals surface area (Å²) < 4.78 is 0. The Morgan fingerprint density at radius 1 is 1.20 bits per heavy atom. The summed E-state index contributed by atoms with van der Waals surface area (Å²) in [5, 5.41) is 15.7. The molecule has 1 heterocycles. The summed E-state index contributed by atoms with van der Waals surface area (Å²) in [6.45, 7) is 2.58. The van der Waals surface area contributed by atoms with E-state index in [4.69, 9.17) is 11.6 Å². The van der Waals surface area contributed by atoms with Gasteiger partial charge in [-0.05, 0) is 36.3 Å². The van der Waals surface area contributed by atoms with Crippen LogP contribution in [0.25, 0.3) is 11.4 Å². The van der Waals surface area contributed by atoms with Crippen LogP contribution in [-0.2, 0) is 17.8 Å². The fourth-order valence-electron chi connectivity index (χ4n) is 2.35. The van der Waals surface area contributed by atoms with E-state index < -0.39 is 0 Å². The molecule has 3 aromatic rings. The smallest absolute Gasteiger partial charge is 0.243 e. The highest BCUT2D eigenvalue weighted by Gasteiger charge is 2.09. The van der Waals surface area contributed by atoms with E-state index >= 15 is 0 Å². The van der Waals surface area contributed by atoms with Crippen molar-refractivity contribution in [3.63, 3.8) is 0 Å². The number of carbonyl (C=O) groups is 1. The summed E-state index contributed by atoms with van der Waals surface area (Å²) in [6.07, 6.45) is 0.714. The van der Waals surface area contributed by atoms with Crippen molar-refractivity contribution in [3.05, 3.63) is 64.7 Å². The number of hydrogen-bond donors (Lipinski definition) is 1. The molecule has 0 bridgehead atoms. The summed E-state index contributed by atoms with van der Waals surface area (Å²) in [4.78, 5) is 13.3. The van der Waals surface area contributed by atoms with Gasteiger partial charge in [0.05, 0.1) is 0 Å². The van der Waals surface area contributed by atoms with Crippen LogP contribution in [0.2, 0.25) is 5.02 Å². The number of amides is 1. The molecular formula is C18H18ClN5O. The van der Waals surface area contributed by atoms with E-state index in [0.717, 1.165) is 16.7 Å². The summed E-state index contributed by atoms with van der Waals surface area (Å²) >= 11 is 5.94. The Morgan fingerprint density at radius 2 is 2.00 bits per heavy atom. The third-order valence-corrected chi connectivity index (χ3v) is 3.91. The van der Waals surface area contributed by atoms with E-state index in [-0.39, 0.29) is 12.5 Å². The number of nitrogens with one attached hydrogen (secondary N) is 1. The van der Waals surface area contributed by atoms with Gasteiger partial charge in [0.25, 0.3) is 0 Å². The van der Waals surface area contributed by atoms with Gasteiger partial charge in [-0.15, -0.1) is 10.2 Å². The summed E-state index contributed by atoms with van der Waals surface area (Å²) in [6, 6.07) is 15.4. The van der Waals surface area contributed by atoms with Gasteiger partial charge >= 0.3 is 0 Å². The number of benzene rings is 2. The van der Waals surface area contributed by atoms with Gasteiger partial charge in [0.1, 0.15) is 6.54 Å². The van der Waals surface area contributed by atoms with Gasteiger partial charge < -0.3 is 5.32 Å². The molecule has 0 fully saturated rings. The van der Waals surface area contributed by atoms with E-state index in [0.29, 0.717) is 23.8 Å². The normalized spacial score (nSPS) is 10.6. The molecule has 0 atom stereocenters. The van der Waals surface area contributed by atoms with Gasteiger partial charge in [0.15, 0.2) is 0 Å². The van der Waals surface area contributed by atoms with Crippen LogP contribution in [-0.4, -0.2) is 32.7 Å². The Labute approximate surface area is 150 Å². The molecule has 1 amide bonds. The molecule has 25 heavy (non-hydrogen) atoms. The molecule has 0 spiro atoms. The van der Waals surface area contributed by atoms with Gasteiger partial charge in [-0.2, -0.15) is 4.80 Å². The largest absolute Gasteiger partial charge is 0.354 e. The predicted molar refractivity (Wildman–Crippen MR) is 96.2 cm³/mol. The first-order valence-electron chi connectivity index (χ1n) is 7.96. The molecule has 0 saturated carbocycles. The Hall–Kier alpha value is -2.73. The SMILES string of the molecule is Cc1ccc(-c2nnn(CC(=O)NCCc3cccc(Cl)c3)n2)cc1. The topological polar surface area (TPSA) is 72.7 Å². The number of aryl methyl sites for hydroxylation is 1. The van der Waals surface area contributed by atoms with Crippen LogP contribution < -0.4 is 5.32 Å². The number of carbonyl (C=O) groups excluding carboxylic acids is 1. The van der Waals surface area contributed by atoms with Crippen LogP contribution >= 0.6 is 11.6 Å². The first-order valence-corrected chi connectivity index (χ1v) is 8.34. The van der Waals surface area contributed by atoms with E-state index in [1.54, 1.807) is 0 Å². The average molecular weight is 356 g/mol. The highest BCUT2D eigenvalue weighted by atomic mass is 35.5. The predicted octanol–water partition coefficient (Wildman–Crippen LogP) is 2.66. The number of aromatic nitrogens is 4. The molecule has 7 heteroatoms. The Bertz CT molecular complexity index is 860. The van der Waals surface area contributed by atoms with Gasteiger partial charge in [-0.25, -0.2) is 0 Å². The fraction of sp³-hybridized carbons (Fsp3) is 0.222. The maximum absolute atomic E-state index is 12.0. The minimum Gasteiger partial charge on any atom is -0.354 e. The van der Waals surface area contributed by atoms with Crippen LogP contribution in [0.4, 0.5) is 0 Å². The first-order chi connectivity index (χ1) is 12.1. The molecule has 0 aliphatic heterocycles. The molecule has 0 radical (unpaired) electrons. The lowest BCUT2D eigenvalue weighted by atomic mass is 10.1. The Balaban J connectivity index is 1.50. The second-order valence-electron chi connectivity index (χ2n) is 5.74. The average Bonchev–Trinajstić information content (AvgIpc) is 3.04. The van der Waals surface area contributed by atoms with Crippen molar-refractivity contribution in [3.8, 4) is 11.4 Å². The summed E-state index contributed by atoms with van der Waals surface area (Å²) in [5.74, 6) is 0.349. The van der Waals surface area contributed by atoms with Crippen molar-refractivity contribution in [2.24, 2.45) is 0 Å². The molecule has 0 aliphatic carbocycles. The van der Waals surface area contributed by atoms with Crippen molar-refractivity contribution in [1.29, 1.82) is 0 Å². The van der Waals surface area contributed by atoms with Crippen LogP contribution in [0.1, 0.15) is 11.1 Å². The molecular weight excluding hydrogens is 338 g/mol. The summed E-state index contributed by atoms with van der Waals surface area (Å²) in [7, 11) is 0. The van der Waals surface area contributed by atoms with E-state index in [9.17, 15) is 4.79 Å². The van der Waals surface area contributed by atoms with Crippen molar-refractivity contribution in [2.75, 3.05) is 6.54 Å². The third kappa shape index (κ3) is 4.87. The number of nitrogens with zero attached hydrogens (tertiary/aromatic N) is 4. The zero-order valence-electron chi connectivity index (χ0n) is 13.8. The van der Waals surface area contributed by atoms with Crippen molar-refractivity contribution in [1.82, 2.24) is 25.5 Å². The second kappa shape index (κ2) is 7.90. The van der Waals surface area contributed by atoms with E-state index in [1.807, 2.05) is 55.5 Å². The van der Waals surface area contributed by atoms with Crippen LogP contribution in [0, 0.1) is 6.92 Å². The van der Waals surface area contributed by atoms with E-state index in [1.165, 1.54) is 4.80 Å². The second-order valence-corrected chi connectivity index (χ2v) is 6.18. The number of halogens is 1. The van der Waals surface area contributed by atoms with Gasteiger partial charge in [0, 0.05) is 17.1 Å². The molecule has 2 aromatic carbocycles. The monoisotopic (exact) mass is 355 g/mol. The molecule has 1 N–H and O–H groups in total. The lowest BCUT2D eigenvalue weighted by Crippen LogP contribution is -2.30. The van der Waals surface area contributed by atoms with Crippen molar-refractivity contribution >= 4 is 17.5 Å². The highest BCUT2D eigenvalue weighted by Crippen LogP contribution is 2.14. The number of tetrazole rings is 1. The Kier molecular flexibility index (Phi) is 5.40. The minimum absolute atomic E-state index is 0.0361. The third-order valence-electron chi connectivity index (χ3n) is 3.67. The van der Waals surface area contributed by atoms with Gasteiger partial charge in [-0.3, -0.25) is 4.79 Å². The number of rotatable bonds is 6. The summed E-state index contributed by atoms with van der Waals surface area (Å²) in [5.41, 5.74) is 3.11. The molecule has 0 aliphatic rings. The van der Waals surface area contributed by atoms with Crippen molar-refractivity contribution < 1.29 is 4.79 Å². The van der Waals surface area contributed by atoms with Crippen LogP contribution in [0.15, 0.2) is 48.5 Å². The lowest BCUT2D eigenvalue weighted by molar-refractivity contribution is -0.122. The molecule has 1 aromatic heterocycles. The quantitative estimate of drug-likeness (QED) is 0.737. The lowest BCUT2D eigenvalue weighted by Gasteiger charge is -2.05. The first kappa shape index (κ1) is 17.1. The molecule has 128 valence electrons. The van der Waals surface area contributed by atoms with Crippen LogP contribution in [0.5, 0.6) is 0 Å². The molecule has 3 rings (SSSR count). The van der Waals surface area contributed by atoms with Crippen molar-refractivity contribution in [2.45, 2.75) is 19.9 Å². The van der Waals surface area contributed by atoms with E-state index in [2.05, 4.69) is 20.7 Å². The fourth-order valence-corrected chi connectivity index (χ4v) is 2.56. The molecule has 6 nitrogen and oxygen atoms in total. The molecule has 0 unspecified atom stereocenters. The molecule has 0 saturated heterocycles. The zero-order valence-corrected chi connectivity index (χ0v) is 14.6. The number of hydrogen-bond acceptors (Lipinski definition) is 4. The standard InChI is InChI=1S/C18H18ClN5O/c1-13-5-7-15(8-6-13)18-21-23-24(22-18)12-17(25)20-10-9-14-3-2-4-16(19)11-14/h2-8,11H,9-10,12H2,1H3,(H,20,25). The van der Waals surface area contributed by atoms with Gasteiger partial charge in [-0.1, -0.05) is 53.6 Å². The maximum atomic E-state index is 12.0.